The maximum absolute atomic E-state index is 15.8. The van der Waals surface area contributed by atoms with Crippen LogP contribution in [0.2, 0.25) is 5.02 Å². The minimum atomic E-state index is -0.661. The van der Waals surface area contributed by atoms with E-state index in [0.29, 0.717) is 62.9 Å². The van der Waals surface area contributed by atoms with Gasteiger partial charge in [-0.3, -0.25) is 19.3 Å². The third-order valence-corrected chi connectivity index (χ3v) is 9.62. The summed E-state index contributed by atoms with van der Waals surface area (Å²) in [6, 6.07) is 13.9. The van der Waals surface area contributed by atoms with Crippen LogP contribution in [0.25, 0.3) is 22.3 Å². The van der Waals surface area contributed by atoms with Crippen LogP contribution < -0.4 is 10.1 Å². The second-order valence-electron chi connectivity index (χ2n) is 12.3. The molecule has 1 saturated heterocycles. The first kappa shape index (κ1) is 35.2. The second kappa shape index (κ2) is 15.0. The Kier molecular flexibility index (Phi) is 11.0. The van der Waals surface area contributed by atoms with Crippen molar-refractivity contribution in [2.75, 3.05) is 32.7 Å². The number of amides is 1. The van der Waals surface area contributed by atoms with Gasteiger partial charge in [-0.1, -0.05) is 61.0 Å². The molecule has 2 N–H and O–H groups in total. The van der Waals surface area contributed by atoms with Gasteiger partial charge in [-0.2, -0.15) is 0 Å². The molecule has 2 aliphatic rings. The van der Waals surface area contributed by atoms with Gasteiger partial charge in [0, 0.05) is 53.9 Å². The molecule has 3 aromatic rings. The molecule has 48 heavy (non-hydrogen) atoms. The number of carbonyl (C=O) groups excluding carboxylic acids is 3. The molecule has 3 aromatic carbocycles. The molecule has 252 valence electrons. The number of allylic oxidation sites excluding steroid dienone is 3. The third kappa shape index (κ3) is 7.15. The summed E-state index contributed by atoms with van der Waals surface area (Å²) < 4.78 is 26.7. The summed E-state index contributed by atoms with van der Waals surface area (Å²) in [5.41, 5.74) is 4.44. The van der Waals surface area contributed by atoms with Crippen molar-refractivity contribution in [3.8, 4) is 28.0 Å². The average Bonchev–Trinajstić information content (AvgIpc) is 3.18. The molecule has 0 saturated carbocycles. The van der Waals surface area contributed by atoms with E-state index in [4.69, 9.17) is 21.1 Å². The number of ketones is 2. The van der Waals surface area contributed by atoms with Gasteiger partial charge in [-0.05, 0) is 67.8 Å². The van der Waals surface area contributed by atoms with E-state index >= 15 is 4.39 Å². The molecule has 5 rings (SSSR count). The lowest BCUT2D eigenvalue weighted by molar-refractivity contribution is -0.121. The van der Waals surface area contributed by atoms with Crippen molar-refractivity contribution in [3.63, 3.8) is 0 Å². The Hall–Kier alpha value is -4.15. The van der Waals surface area contributed by atoms with Crippen molar-refractivity contribution >= 4 is 34.8 Å². The van der Waals surface area contributed by atoms with Crippen molar-refractivity contribution in [3.05, 3.63) is 93.8 Å². The average molecular weight is 675 g/mol. The van der Waals surface area contributed by atoms with Gasteiger partial charge < -0.3 is 19.9 Å². The molecule has 1 amide bonds. The molecule has 1 aliphatic carbocycles. The van der Waals surface area contributed by atoms with Crippen molar-refractivity contribution in [1.29, 1.82) is 0 Å². The number of ether oxygens (including phenoxy) is 2. The summed E-state index contributed by atoms with van der Waals surface area (Å²) in [6.45, 7) is 6.22. The van der Waals surface area contributed by atoms with Crippen LogP contribution in [0.15, 0.2) is 71.8 Å². The Bertz CT molecular complexity index is 1820. The molecular formula is C38H40ClFN2O6. The number of nitrogens with one attached hydrogen (secondary N) is 1. The van der Waals surface area contributed by atoms with E-state index in [-0.39, 0.29) is 37.0 Å². The van der Waals surface area contributed by atoms with E-state index in [1.54, 1.807) is 44.2 Å². The highest BCUT2D eigenvalue weighted by Gasteiger charge is 2.30. The standard InChI is InChI=1S/C38H40ClFN2O6/c1-6-23-17-33(43)28(15-21(2)37(23)45)38(46)41-31-12-8-9-25(22(31)3)27-11-7-10-26(36(27)39)24-16-30(40)29(35(18-24)47-5)19-42(4)32-13-14-48-20-34(32)44/h6-12,15-16,18,21,32,34,44H,13-14,17,19-20H2,1-5H3,(H,41,46)/b23-6-/t21?,32-,34+/m1/s1. The summed E-state index contributed by atoms with van der Waals surface area (Å²) in [7, 11) is 3.33. The molecule has 0 spiro atoms. The minimum Gasteiger partial charge on any atom is -0.496 e. The summed E-state index contributed by atoms with van der Waals surface area (Å²) in [6.07, 6.45) is 2.91. The van der Waals surface area contributed by atoms with Gasteiger partial charge in [0.05, 0.1) is 30.4 Å². The lowest BCUT2D eigenvalue weighted by Gasteiger charge is -2.35. The van der Waals surface area contributed by atoms with E-state index < -0.39 is 29.5 Å². The van der Waals surface area contributed by atoms with Crippen LogP contribution in [-0.2, 0) is 25.7 Å². The summed E-state index contributed by atoms with van der Waals surface area (Å²) in [5.74, 6) is -1.87. The normalized spacial score (nSPS) is 20.9. The van der Waals surface area contributed by atoms with Gasteiger partial charge >= 0.3 is 0 Å². The van der Waals surface area contributed by atoms with E-state index in [1.165, 1.54) is 19.3 Å². The van der Waals surface area contributed by atoms with Gasteiger partial charge in [-0.15, -0.1) is 0 Å². The van der Waals surface area contributed by atoms with Crippen LogP contribution in [0.4, 0.5) is 10.1 Å². The molecule has 0 radical (unpaired) electrons. The summed E-state index contributed by atoms with van der Waals surface area (Å²) >= 11 is 7.02. The van der Waals surface area contributed by atoms with Crippen molar-refractivity contribution in [1.82, 2.24) is 4.90 Å². The van der Waals surface area contributed by atoms with Gasteiger partial charge in [0.1, 0.15) is 11.6 Å². The monoisotopic (exact) mass is 674 g/mol. The second-order valence-corrected chi connectivity index (χ2v) is 12.7. The molecule has 0 bridgehead atoms. The van der Waals surface area contributed by atoms with Crippen LogP contribution in [0.3, 0.4) is 0 Å². The Morgan fingerprint density at radius 1 is 1.17 bits per heavy atom. The van der Waals surface area contributed by atoms with E-state index in [0.717, 1.165) is 5.56 Å². The van der Waals surface area contributed by atoms with Crippen LogP contribution in [-0.4, -0.2) is 67.0 Å². The number of likely N-dealkylation sites (N-methyl/N-ethyl adjacent to an activating group) is 1. The molecule has 1 fully saturated rings. The zero-order valence-corrected chi connectivity index (χ0v) is 28.5. The lowest BCUT2D eigenvalue weighted by Crippen LogP contribution is -2.47. The molecule has 8 nitrogen and oxygen atoms in total. The topological polar surface area (TPSA) is 105 Å². The highest BCUT2D eigenvalue weighted by atomic mass is 35.5. The zero-order chi connectivity index (χ0) is 34.7. The van der Waals surface area contributed by atoms with E-state index in [2.05, 4.69) is 5.32 Å². The summed E-state index contributed by atoms with van der Waals surface area (Å²) in [4.78, 5) is 40.8. The number of carbonyl (C=O) groups is 3. The fourth-order valence-electron chi connectivity index (χ4n) is 6.42. The maximum Gasteiger partial charge on any atom is 0.258 e. The largest absolute Gasteiger partial charge is 0.496 e. The molecule has 10 heteroatoms. The number of aliphatic hydroxyl groups is 1. The van der Waals surface area contributed by atoms with Gasteiger partial charge in [0.25, 0.3) is 5.91 Å². The third-order valence-electron chi connectivity index (χ3n) is 9.21. The van der Waals surface area contributed by atoms with Crippen LogP contribution in [0.5, 0.6) is 5.75 Å². The van der Waals surface area contributed by atoms with Crippen molar-refractivity contribution < 1.29 is 33.4 Å². The first-order chi connectivity index (χ1) is 22.9. The predicted molar refractivity (Wildman–Crippen MR) is 185 cm³/mol. The molecule has 1 aliphatic heterocycles. The Morgan fingerprint density at radius 2 is 1.88 bits per heavy atom. The number of rotatable bonds is 8. The number of aliphatic hydroxyl groups excluding tert-OH is 1. The van der Waals surface area contributed by atoms with Crippen LogP contribution in [0.1, 0.15) is 37.8 Å². The number of halogens is 2. The summed E-state index contributed by atoms with van der Waals surface area (Å²) in [5, 5.41) is 13.6. The Labute approximate surface area is 285 Å². The van der Waals surface area contributed by atoms with Crippen molar-refractivity contribution in [2.24, 2.45) is 5.92 Å². The van der Waals surface area contributed by atoms with Crippen LogP contribution >= 0.6 is 11.6 Å². The smallest absolute Gasteiger partial charge is 0.258 e. The lowest BCUT2D eigenvalue weighted by atomic mass is 9.94. The fraction of sp³-hybridized carbons (Fsp3) is 0.342. The van der Waals surface area contributed by atoms with Crippen LogP contribution in [0, 0.1) is 18.7 Å². The van der Waals surface area contributed by atoms with Gasteiger partial charge in [0.2, 0.25) is 0 Å². The number of benzene rings is 3. The molecule has 0 aromatic heterocycles. The number of hydrogen-bond acceptors (Lipinski definition) is 7. The van der Waals surface area contributed by atoms with Crippen molar-refractivity contribution in [2.45, 2.75) is 52.3 Å². The first-order valence-corrected chi connectivity index (χ1v) is 16.3. The zero-order valence-electron chi connectivity index (χ0n) is 27.7. The first-order valence-electron chi connectivity index (χ1n) is 15.9. The number of anilines is 1. The maximum atomic E-state index is 15.8. The molecule has 1 heterocycles. The number of Topliss-reactive ketones (excluding diaryl/α,β-unsaturated/α-hetero) is 2. The van der Waals surface area contributed by atoms with Gasteiger partial charge in [0.15, 0.2) is 11.6 Å². The minimum absolute atomic E-state index is 0.0490. The SMILES string of the molecule is C/C=C1/CC(=O)C(C(=O)Nc2cccc(-c3cccc(-c4cc(F)c(CN(C)[C@@H]5CCOC[C@@H]5O)c(OC)c4)c3Cl)c2C)=CC(C)C1=O. The number of methoxy groups -OCH3 is 1. The van der Waals surface area contributed by atoms with E-state index in [1.807, 2.05) is 37.1 Å². The number of hydrogen-bond donors (Lipinski definition) is 2. The highest BCUT2D eigenvalue weighted by molar-refractivity contribution is 6.36. The molecule has 1 unspecified atom stereocenters. The number of nitrogens with zero attached hydrogens (tertiary/aromatic N) is 1. The fourth-order valence-corrected chi connectivity index (χ4v) is 6.76. The highest BCUT2D eigenvalue weighted by Crippen LogP contribution is 2.41. The molecular weight excluding hydrogens is 635 g/mol. The quantitative estimate of drug-likeness (QED) is 0.202. The Morgan fingerprint density at radius 3 is 2.58 bits per heavy atom. The molecule has 3 atom stereocenters. The Balaban J connectivity index is 1.43. The predicted octanol–water partition coefficient (Wildman–Crippen LogP) is 6.70. The van der Waals surface area contributed by atoms with E-state index in [9.17, 15) is 19.5 Å². The van der Waals surface area contributed by atoms with Gasteiger partial charge in [-0.25, -0.2) is 4.39 Å².